The first-order valence-electron chi connectivity index (χ1n) is 5.53. The molecule has 90 valence electrons. The Morgan fingerprint density at radius 1 is 1.44 bits per heavy atom. The van der Waals surface area contributed by atoms with Crippen LogP contribution in [0.3, 0.4) is 0 Å². The predicted molar refractivity (Wildman–Crippen MR) is 68.7 cm³/mol. The predicted octanol–water partition coefficient (Wildman–Crippen LogP) is 1.91. The molecule has 1 atom stereocenters. The van der Waals surface area contributed by atoms with Crippen LogP contribution < -0.4 is 5.32 Å². The van der Waals surface area contributed by atoms with Crippen LogP contribution in [-0.4, -0.2) is 33.5 Å². The molecule has 0 saturated heterocycles. The highest BCUT2D eigenvalue weighted by Gasteiger charge is 2.03. The minimum absolute atomic E-state index is 0.249. The Morgan fingerprint density at radius 3 is 2.81 bits per heavy atom. The summed E-state index contributed by atoms with van der Waals surface area (Å²) in [7, 11) is 0. The van der Waals surface area contributed by atoms with Gasteiger partial charge in [-0.05, 0) is 13.3 Å². The van der Waals surface area contributed by atoms with Crippen molar-refractivity contribution in [1.82, 2.24) is 9.97 Å². The average molecular weight is 241 g/mol. The molecule has 1 rings (SSSR count). The van der Waals surface area contributed by atoms with Crippen molar-refractivity contribution in [2.75, 3.05) is 18.5 Å². The van der Waals surface area contributed by atoms with Crippen molar-refractivity contribution < 1.29 is 5.11 Å². The zero-order valence-electron chi connectivity index (χ0n) is 9.81. The molecule has 0 amide bonds. The third kappa shape index (κ3) is 4.81. The Bertz CT molecular complexity index is 292. The molecule has 0 saturated carbocycles. The van der Waals surface area contributed by atoms with Crippen LogP contribution in [0.1, 0.15) is 26.0 Å². The molecular formula is C11H19N3OS. The maximum absolute atomic E-state index is 8.78. The lowest BCUT2D eigenvalue weighted by atomic mass is 10.3. The second-order valence-corrected chi connectivity index (χ2v) is 4.98. The van der Waals surface area contributed by atoms with E-state index in [4.69, 9.17) is 5.11 Å². The van der Waals surface area contributed by atoms with Gasteiger partial charge in [0, 0.05) is 24.2 Å². The van der Waals surface area contributed by atoms with E-state index in [1.165, 1.54) is 0 Å². The molecule has 1 unspecified atom stereocenters. The molecule has 16 heavy (non-hydrogen) atoms. The van der Waals surface area contributed by atoms with E-state index in [-0.39, 0.29) is 6.61 Å². The largest absolute Gasteiger partial charge is 0.396 e. The number of hydrogen-bond acceptors (Lipinski definition) is 5. The first kappa shape index (κ1) is 13.3. The number of nitrogens with zero attached hydrogens (tertiary/aromatic N) is 2. The Labute approximate surface area is 101 Å². The highest BCUT2D eigenvalue weighted by Crippen LogP contribution is 2.18. The van der Waals surface area contributed by atoms with Crippen molar-refractivity contribution in [2.45, 2.75) is 31.3 Å². The fraction of sp³-hybridized carbons (Fsp3) is 0.636. The molecule has 2 N–H and O–H groups in total. The van der Waals surface area contributed by atoms with Crippen molar-refractivity contribution in [3.8, 4) is 0 Å². The van der Waals surface area contributed by atoms with Crippen LogP contribution >= 0.6 is 11.8 Å². The maximum Gasteiger partial charge on any atom is 0.144 e. The number of rotatable bonds is 7. The number of nitrogens with one attached hydrogen (secondary N) is 1. The molecule has 0 fully saturated rings. The van der Waals surface area contributed by atoms with Gasteiger partial charge in [-0.1, -0.05) is 6.92 Å². The van der Waals surface area contributed by atoms with Crippen LogP contribution in [0.4, 0.5) is 5.82 Å². The Morgan fingerprint density at radius 2 is 2.25 bits per heavy atom. The topological polar surface area (TPSA) is 58.0 Å². The van der Waals surface area contributed by atoms with E-state index >= 15 is 0 Å². The minimum Gasteiger partial charge on any atom is -0.396 e. The van der Waals surface area contributed by atoms with Gasteiger partial charge in [-0.15, -0.1) is 0 Å². The summed E-state index contributed by atoms with van der Waals surface area (Å²) in [6, 6.07) is 0. The van der Waals surface area contributed by atoms with E-state index in [0.29, 0.717) is 5.25 Å². The third-order valence-electron chi connectivity index (χ3n) is 2.11. The van der Waals surface area contributed by atoms with Gasteiger partial charge in [0.25, 0.3) is 0 Å². The van der Waals surface area contributed by atoms with E-state index in [9.17, 15) is 0 Å². The molecule has 0 radical (unpaired) electrons. The Hall–Kier alpha value is -0.810. The number of aliphatic hydroxyl groups excluding tert-OH is 1. The second-order valence-electron chi connectivity index (χ2n) is 3.56. The van der Waals surface area contributed by atoms with Gasteiger partial charge in [0.15, 0.2) is 0 Å². The van der Waals surface area contributed by atoms with Gasteiger partial charge in [0.1, 0.15) is 5.82 Å². The summed E-state index contributed by atoms with van der Waals surface area (Å²) in [4.78, 5) is 8.58. The van der Waals surface area contributed by atoms with E-state index in [0.717, 1.165) is 30.2 Å². The molecule has 4 nitrogen and oxygen atoms in total. The van der Waals surface area contributed by atoms with Gasteiger partial charge in [-0.25, -0.2) is 4.98 Å². The third-order valence-corrected chi connectivity index (χ3v) is 3.38. The highest BCUT2D eigenvalue weighted by atomic mass is 32.2. The van der Waals surface area contributed by atoms with E-state index < -0.39 is 0 Å². The fourth-order valence-corrected chi connectivity index (χ4v) is 2.07. The van der Waals surface area contributed by atoms with Crippen molar-refractivity contribution in [3.05, 3.63) is 18.1 Å². The Kier molecular flexibility index (Phi) is 6.18. The van der Waals surface area contributed by atoms with Crippen LogP contribution in [0.15, 0.2) is 12.4 Å². The summed E-state index contributed by atoms with van der Waals surface area (Å²) in [5, 5.41) is 12.3. The van der Waals surface area contributed by atoms with Gasteiger partial charge < -0.3 is 10.4 Å². The first-order chi connectivity index (χ1) is 7.76. The first-order valence-corrected chi connectivity index (χ1v) is 6.58. The smallest absolute Gasteiger partial charge is 0.144 e. The summed E-state index contributed by atoms with van der Waals surface area (Å²) in [6.45, 7) is 5.25. The number of aromatic nitrogens is 2. The van der Waals surface area contributed by atoms with Crippen LogP contribution in [0.5, 0.6) is 0 Å². The summed E-state index contributed by atoms with van der Waals surface area (Å²) in [6.07, 6.45) is 4.39. The number of hydrogen-bond donors (Lipinski definition) is 2. The second kappa shape index (κ2) is 7.46. The molecule has 0 aliphatic carbocycles. The quantitative estimate of drug-likeness (QED) is 0.763. The molecular weight excluding hydrogens is 222 g/mol. The lowest BCUT2D eigenvalue weighted by molar-refractivity contribution is 0.289. The molecule has 1 heterocycles. The standard InChI is InChI=1S/C11H19N3OS/c1-3-12-11-7-13-10(6-14-11)8-16-9(2)4-5-15/h6-7,9,15H,3-5,8H2,1-2H3,(H,12,14). The molecule has 0 aromatic carbocycles. The number of thioether (sulfide) groups is 1. The van der Waals surface area contributed by atoms with Gasteiger partial charge in [0.05, 0.1) is 18.1 Å². The van der Waals surface area contributed by atoms with Gasteiger partial charge in [0.2, 0.25) is 0 Å². The summed E-state index contributed by atoms with van der Waals surface area (Å²) in [5.74, 6) is 1.67. The lowest BCUT2D eigenvalue weighted by Gasteiger charge is -2.08. The van der Waals surface area contributed by atoms with Crippen LogP contribution in [-0.2, 0) is 5.75 Å². The molecule has 0 aliphatic rings. The maximum atomic E-state index is 8.78. The van der Waals surface area contributed by atoms with Crippen LogP contribution in [0.25, 0.3) is 0 Å². The van der Waals surface area contributed by atoms with Crippen LogP contribution in [0, 0.1) is 0 Å². The molecule has 1 aromatic rings. The van der Waals surface area contributed by atoms with Gasteiger partial charge >= 0.3 is 0 Å². The lowest BCUT2D eigenvalue weighted by Crippen LogP contribution is -2.03. The number of anilines is 1. The molecule has 0 bridgehead atoms. The normalized spacial score (nSPS) is 12.4. The zero-order chi connectivity index (χ0) is 11.8. The summed E-state index contributed by atoms with van der Waals surface area (Å²) < 4.78 is 0. The average Bonchev–Trinajstić information content (AvgIpc) is 2.29. The summed E-state index contributed by atoms with van der Waals surface area (Å²) in [5.41, 5.74) is 0.983. The van der Waals surface area contributed by atoms with E-state index in [1.807, 2.05) is 6.92 Å². The fourth-order valence-electron chi connectivity index (χ4n) is 1.19. The van der Waals surface area contributed by atoms with Crippen LogP contribution in [0.2, 0.25) is 0 Å². The molecule has 5 heteroatoms. The van der Waals surface area contributed by atoms with E-state index in [2.05, 4.69) is 22.2 Å². The number of aliphatic hydroxyl groups is 1. The summed E-state index contributed by atoms with van der Waals surface area (Å²) >= 11 is 1.79. The Balaban J connectivity index is 2.37. The van der Waals surface area contributed by atoms with E-state index in [1.54, 1.807) is 24.2 Å². The molecule has 1 aromatic heterocycles. The van der Waals surface area contributed by atoms with Crippen molar-refractivity contribution in [1.29, 1.82) is 0 Å². The van der Waals surface area contributed by atoms with Crippen molar-refractivity contribution >= 4 is 17.6 Å². The highest BCUT2D eigenvalue weighted by molar-refractivity contribution is 7.99. The molecule has 0 spiro atoms. The van der Waals surface area contributed by atoms with Crippen molar-refractivity contribution in [3.63, 3.8) is 0 Å². The van der Waals surface area contributed by atoms with Crippen molar-refractivity contribution in [2.24, 2.45) is 0 Å². The van der Waals surface area contributed by atoms with Gasteiger partial charge in [-0.2, -0.15) is 11.8 Å². The molecule has 0 aliphatic heterocycles. The minimum atomic E-state index is 0.249. The SMILES string of the molecule is CCNc1cnc(CSC(C)CCO)cn1. The monoisotopic (exact) mass is 241 g/mol. The van der Waals surface area contributed by atoms with Gasteiger partial charge in [-0.3, -0.25) is 4.98 Å². The zero-order valence-corrected chi connectivity index (χ0v) is 10.6.